The van der Waals surface area contributed by atoms with E-state index in [2.05, 4.69) is 20.7 Å². The molecule has 4 N–H and O–H groups in total. The van der Waals surface area contributed by atoms with E-state index in [-0.39, 0.29) is 34.0 Å². The highest BCUT2D eigenvalue weighted by atomic mass is 35.5. The first-order valence-corrected chi connectivity index (χ1v) is 15.8. The molecule has 8 nitrogen and oxygen atoms in total. The molecule has 0 unspecified atom stereocenters. The average molecular weight is 612 g/mol. The van der Waals surface area contributed by atoms with E-state index in [1.165, 1.54) is 6.07 Å². The number of nitrogens with one attached hydrogen (secondary N) is 4. The van der Waals surface area contributed by atoms with Crippen LogP contribution in [-0.2, 0) is 25.0 Å². The van der Waals surface area contributed by atoms with Gasteiger partial charge in [0, 0.05) is 34.8 Å². The highest BCUT2D eigenvalue weighted by Crippen LogP contribution is 2.57. The summed E-state index contributed by atoms with van der Waals surface area (Å²) < 4.78 is 41.5. The molecular weight excluding hydrogens is 578 g/mol. The van der Waals surface area contributed by atoms with Gasteiger partial charge in [-0.15, -0.1) is 0 Å². The smallest absolute Gasteiger partial charge is 0.238 e. The Labute approximate surface area is 243 Å². The van der Waals surface area contributed by atoms with Crippen molar-refractivity contribution in [1.29, 1.82) is 0 Å². The number of hydrogen-bond donors (Lipinski definition) is 4. The second kappa shape index (κ2) is 10.2. The van der Waals surface area contributed by atoms with E-state index in [0.29, 0.717) is 35.5 Å². The predicted octanol–water partition coefficient (Wildman–Crippen LogP) is 4.08. The SMILES string of the molecule is CC(C)(C)C[C@H]1N[C@@H](C(=O)NC2CC(NS(C)(=O)=O)C2)[C@H](c2cccc(Cl)c2F)[C@@]12C(=O)Nc1cc(Cl)ccc12. The molecular formula is C28H33Cl2FN4O4S. The van der Waals surface area contributed by atoms with Crippen molar-refractivity contribution in [3.63, 3.8) is 0 Å². The topological polar surface area (TPSA) is 116 Å². The molecule has 12 heteroatoms. The number of sulfonamides is 1. The number of hydrogen-bond acceptors (Lipinski definition) is 5. The first-order chi connectivity index (χ1) is 18.6. The lowest BCUT2D eigenvalue weighted by Gasteiger charge is -2.38. The van der Waals surface area contributed by atoms with Gasteiger partial charge in [-0.25, -0.2) is 17.5 Å². The molecule has 40 heavy (non-hydrogen) atoms. The summed E-state index contributed by atoms with van der Waals surface area (Å²) in [7, 11) is -3.37. The monoisotopic (exact) mass is 610 g/mol. The minimum absolute atomic E-state index is 0.102. The van der Waals surface area contributed by atoms with E-state index in [1.54, 1.807) is 30.3 Å². The van der Waals surface area contributed by atoms with E-state index in [4.69, 9.17) is 23.2 Å². The second-order valence-corrected chi connectivity index (χ2v) is 15.0. The molecule has 1 saturated heterocycles. The molecule has 0 radical (unpaired) electrons. The normalized spacial score (nSPS) is 29.7. The van der Waals surface area contributed by atoms with Gasteiger partial charge >= 0.3 is 0 Å². The number of halogens is 3. The zero-order valence-electron chi connectivity index (χ0n) is 22.6. The predicted molar refractivity (Wildman–Crippen MR) is 154 cm³/mol. The minimum Gasteiger partial charge on any atom is -0.352 e. The maximum Gasteiger partial charge on any atom is 0.238 e. The van der Waals surface area contributed by atoms with Crippen LogP contribution in [0.1, 0.15) is 57.1 Å². The third kappa shape index (κ3) is 5.25. The van der Waals surface area contributed by atoms with Gasteiger partial charge < -0.3 is 16.0 Å². The van der Waals surface area contributed by atoms with Gasteiger partial charge in [0.1, 0.15) is 11.2 Å². The third-order valence-corrected chi connectivity index (χ3v) is 9.37. The largest absolute Gasteiger partial charge is 0.352 e. The molecule has 1 aliphatic carbocycles. The fraction of sp³-hybridized carbons (Fsp3) is 0.500. The van der Waals surface area contributed by atoms with Crippen molar-refractivity contribution in [1.82, 2.24) is 15.4 Å². The van der Waals surface area contributed by atoms with Crippen LogP contribution in [0.4, 0.5) is 10.1 Å². The van der Waals surface area contributed by atoms with E-state index in [1.807, 2.05) is 20.8 Å². The van der Waals surface area contributed by atoms with Crippen molar-refractivity contribution in [3.8, 4) is 0 Å². The van der Waals surface area contributed by atoms with Crippen LogP contribution in [0.3, 0.4) is 0 Å². The lowest BCUT2D eigenvalue weighted by molar-refractivity contribution is -0.125. The summed E-state index contributed by atoms with van der Waals surface area (Å²) in [5.41, 5.74) is -0.244. The highest BCUT2D eigenvalue weighted by Gasteiger charge is 2.66. The van der Waals surface area contributed by atoms with Crippen LogP contribution in [0, 0.1) is 11.2 Å². The average Bonchev–Trinajstić information content (AvgIpc) is 3.27. The molecule has 2 aromatic carbocycles. The van der Waals surface area contributed by atoms with E-state index >= 15 is 4.39 Å². The van der Waals surface area contributed by atoms with Crippen LogP contribution in [0.2, 0.25) is 10.0 Å². The Hall–Kier alpha value is -2.24. The van der Waals surface area contributed by atoms with Gasteiger partial charge in [0.2, 0.25) is 21.8 Å². The number of anilines is 1. The minimum atomic E-state index is -3.37. The van der Waals surface area contributed by atoms with Gasteiger partial charge in [0.05, 0.1) is 17.3 Å². The first kappa shape index (κ1) is 29.3. The van der Waals surface area contributed by atoms with Crippen LogP contribution in [0.5, 0.6) is 0 Å². The highest BCUT2D eigenvalue weighted by molar-refractivity contribution is 7.88. The molecule has 216 valence electrons. The zero-order chi connectivity index (χ0) is 29.2. The summed E-state index contributed by atoms with van der Waals surface area (Å²) in [6, 6.07) is 7.71. The Morgan fingerprint density at radius 1 is 1.15 bits per heavy atom. The van der Waals surface area contributed by atoms with Crippen molar-refractivity contribution in [3.05, 3.63) is 63.4 Å². The summed E-state index contributed by atoms with van der Waals surface area (Å²) >= 11 is 12.5. The fourth-order valence-electron chi connectivity index (χ4n) is 6.58. The summed E-state index contributed by atoms with van der Waals surface area (Å²) in [5, 5.41) is 9.73. The molecule has 2 fully saturated rings. The van der Waals surface area contributed by atoms with Crippen molar-refractivity contribution < 1.29 is 22.4 Å². The molecule has 2 amide bonds. The van der Waals surface area contributed by atoms with Crippen LogP contribution in [0.25, 0.3) is 0 Å². The Morgan fingerprint density at radius 2 is 1.85 bits per heavy atom. The molecule has 3 aliphatic rings. The van der Waals surface area contributed by atoms with Gasteiger partial charge in [-0.3, -0.25) is 9.59 Å². The standard InChI is InChI=1S/C28H33Cl2FN4O4S/c1-27(2,3)13-21-28(18-9-8-14(29)10-20(18)33-26(28)37)22(17-6-5-7-19(30)23(17)31)24(34-21)25(36)32-15-11-16(12-15)35-40(4,38)39/h5-10,15-16,21-22,24,34-35H,11-13H2,1-4H3,(H,32,36)(H,33,37)/t15?,16?,21-,22+,24-,28+/m1/s1. The third-order valence-electron chi connectivity index (χ3n) is 8.09. The Morgan fingerprint density at radius 3 is 2.50 bits per heavy atom. The lowest BCUT2D eigenvalue weighted by atomic mass is 9.62. The molecule has 5 rings (SSSR count). The molecule has 1 spiro atoms. The van der Waals surface area contributed by atoms with Crippen LogP contribution in [0.15, 0.2) is 36.4 Å². The Balaban J connectivity index is 1.59. The summed E-state index contributed by atoms with van der Waals surface area (Å²) in [6.07, 6.45) is 2.47. The van der Waals surface area contributed by atoms with Gasteiger partial charge in [0.15, 0.2) is 0 Å². The lowest BCUT2D eigenvalue weighted by Crippen LogP contribution is -2.57. The first-order valence-electron chi connectivity index (χ1n) is 13.2. The fourth-order valence-corrected chi connectivity index (χ4v) is 7.73. The molecule has 1 saturated carbocycles. The molecule has 4 atom stereocenters. The van der Waals surface area contributed by atoms with Gasteiger partial charge in [0.25, 0.3) is 0 Å². The second-order valence-electron chi connectivity index (χ2n) is 12.4. The molecule has 2 aliphatic heterocycles. The zero-order valence-corrected chi connectivity index (χ0v) is 25.0. The molecule has 0 bridgehead atoms. The van der Waals surface area contributed by atoms with Gasteiger partial charge in [-0.2, -0.15) is 0 Å². The molecule has 2 aromatic rings. The summed E-state index contributed by atoms with van der Waals surface area (Å²) in [5.74, 6) is -2.35. The van der Waals surface area contributed by atoms with Crippen LogP contribution < -0.4 is 20.7 Å². The van der Waals surface area contributed by atoms with Crippen molar-refractivity contribution >= 4 is 50.7 Å². The van der Waals surface area contributed by atoms with E-state index in [9.17, 15) is 18.0 Å². The number of benzene rings is 2. The van der Waals surface area contributed by atoms with E-state index < -0.39 is 45.2 Å². The van der Waals surface area contributed by atoms with Crippen molar-refractivity contribution in [2.75, 3.05) is 11.6 Å². The van der Waals surface area contributed by atoms with Crippen LogP contribution in [-0.4, -0.2) is 50.7 Å². The number of carbonyl (C=O) groups excluding carboxylic acids is 2. The maximum absolute atomic E-state index is 15.8. The molecule has 0 aromatic heterocycles. The van der Waals surface area contributed by atoms with Crippen molar-refractivity contribution in [2.24, 2.45) is 5.41 Å². The molecule has 2 heterocycles. The number of rotatable bonds is 6. The van der Waals surface area contributed by atoms with Gasteiger partial charge in [-0.05, 0) is 54.0 Å². The Kier molecular flexibility index (Phi) is 7.49. The Bertz CT molecular complexity index is 1480. The van der Waals surface area contributed by atoms with E-state index in [0.717, 1.165) is 6.26 Å². The summed E-state index contributed by atoms with van der Waals surface area (Å²) in [4.78, 5) is 28.1. The quantitative estimate of drug-likeness (QED) is 0.393. The van der Waals surface area contributed by atoms with Crippen LogP contribution >= 0.6 is 23.2 Å². The van der Waals surface area contributed by atoms with Gasteiger partial charge in [-0.1, -0.05) is 62.2 Å². The summed E-state index contributed by atoms with van der Waals surface area (Å²) in [6.45, 7) is 6.14. The number of fused-ring (bicyclic) bond motifs is 2. The van der Waals surface area contributed by atoms with Crippen molar-refractivity contribution in [2.45, 2.75) is 75.5 Å². The maximum atomic E-state index is 15.8. The number of carbonyl (C=O) groups is 2. The number of amides is 2.